The summed E-state index contributed by atoms with van der Waals surface area (Å²) in [5.74, 6) is -2.43. The van der Waals surface area contributed by atoms with Crippen LogP contribution in [0.4, 0.5) is 24.5 Å². The van der Waals surface area contributed by atoms with Gasteiger partial charge in [-0.2, -0.15) is 13.2 Å². The van der Waals surface area contributed by atoms with Gasteiger partial charge >= 0.3 is 11.0 Å². The molecule has 8 nitrogen and oxygen atoms in total. The third-order valence-corrected chi connectivity index (χ3v) is 9.65. The summed E-state index contributed by atoms with van der Waals surface area (Å²) in [5, 5.41) is 1.99. The summed E-state index contributed by atoms with van der Waals surface area (Å²) in [6.45, 7) is 3.02. The van der Waals surface area contributed by atoms with Crippen LogP contribution in [0.2, 0.25) is 0 Å². The molecule has 204 valence electrons. The first-order chi connectivity index (χ1) is 18.3. The first-order valence-corrected chi connectivity index (χ1v) is 13.4. The number of alkyl halides is 3. The molecule has 1 saturated heterocycles. The maximum atomic E-state index is 13.7. The standard InChI is InChI=1S/C26H22F3N3O5S2/c1-25(2)18-19(22(35)32(21(18)34)16-7-5-4-6-15(16)26(27,28)29)38-23-20(25)39-24(36)31(23)12-17(33)30-13-8-10-14(37-3)11-9-13/h4-11,18-19H,12H2,1-3H3,(H,30,33). The van der Waals surface area contributed by atoms with E-state index in [-0.39, 0.29) is 6.54 Å². The van der Waals surface area contributed by atoms with Crippen molar-refractivity contribution in [3.05, 3.63) is 68.6 Å². The molecular weight excluding hydrogens is 555 g/mol. The van der Waals surface area contributed by atoms with E-state index in [4.69, 9.17) is 4.74 Å². The maximum Gasteiger partial charge on any atom is 0.418 e. The lowest BCUT2D eigenvalue weighted by molar-refractivity contribution is -0.137. The van der Waals surface area contributed by atoms with Crippen LogP contribution < -0.4 is 19.8 Å². The van der Waals surface area contributed by atoms with Crippen LogP contribution in [-0.4, -0.2) is 34.6 Å². The summed E-state index contributed by atoms with van der Waals surface area (Å²) >= 11 is 1.80. The third kappa shape index (κ3) is 4.52. The second-order valence-electron chi connectivity index (χ2n) is 9.63. The van der Waals surface area contributed by atoms with Gasteiger partial charge in [0.05, 0.1) is 29.3 Å². The fourth-order valence-electron chi connectivity index (χ4n) is 4.93. The second kappa shape index (κ2) is 9.56. The summed E-state index contributed by atoms with van der Waals surface area (Å²) in [4.78, 5) is 53.5. The highest BCUT2D eigenvalue weighted by atomic mass is 32.2. The molecule has 5 rings (SSSR count). The number of anilines is 2. The molecule has 1 fully saturated rings. The van der Waals surface area contributed by atoms with Gasteiger partial charge < -0.3 is 10.1 Å². The van der Waals surface area contributed by atoms with Crippen LogP contribution in [-0.2, 0) is 32.5 Å². The van der Waals surface area contributed by atoms with Gasteiger partial charge in [-0.25, -0.2) is 4.90 Å². The van der Waals surface area contributed by atoms with Crippen LogP contribution in [0.5, 0.6) is 5.75 Å². The monoisotopic (exact) mass is 577 g/mol. The van der Waals surface area contributed by atoms with E-state index in [1.54, 1.807) is 38.1 Å². The lowest BCUT2D eigenvalue weighted by atomic mass is 9.76. The van der Waals surface area contributed by atoms with Gasteiger partial charge in [-0.15, -0.1) is 0 Å². The zero-order valence-electron chi connectivity index (χ0n) is 20.9. The topological polar surface area (TPSA) is 97.7 Å². The molecule has 0 aliphatic carbocycles. The fraction of sp³-hybridized carbons (Fsp3) is 0.308. The number of thioether (sulfide) groups is 1. The predicted molar refractivity (Wildman–Crippen MR) is 140 cm³/mol. The summed E-state index contributed by atoms with van der Waals surface area (Å²) in [5.41, 5.74) is -2.18. The number of aromatic nitrogens is 1. The molecule has 1 N–H and O–H groups in total. The number of ether oxygens (including phenoxy) is 1. The van der Waals surface area contributed by atoms with E-state index in [0.29, 0.717) is 26.2 Å². The van der Waals surface area contributed by atoms with Gasteiger partial charge in [0.15, 0.2) is 0 Å². The maximum absolute atomic E-state index is 13.7. The highest BCUT2D eigenvalue weighted by Crippen LogP contribution is 2.55. The molecule has 2 aliphatic heterocycles. The summed E-state index contributed by atoms with van der Waals surface area (Å²) in [7, 11) is 1.51. The molecule has 13 heteroatoms. The Morgan fingerprint density at radius 3 is 2.36 bits per heavy atom. The summed E-state index contributed by atoms with van der Waals surface area (Å²) in [6.07, 6.45) is -4.77. The molecule has 2 aliphatic rings. The van der Waals surface area contributed by atoms with Gasteiger partial charge in [-0.1, -0.05) is 49.1 Å². The Balaban J connectivity index is 1.47. The number of methoxy groups -OCH3 is 1. The number of fused-ring (bicyclic) bond motifs is 2. The van der Waals surface area contributed by atoms with Gasteiger partial charge in [0.25, 0.3) is 0 Å². The molecule has 0 saturated carbocycles. The number of nitrogens with one attached hydrogen (secondary N) is 1. The average Bonchev–Trinajstić information content (AvgIpc) is 3.33. The smallest absolute Gasteiger partial charge is 0.418 e. The third-order valence-electron chi connectivity index (χ3n) is 6.83. The molecule has 0 radical (unpaired) electrons. The molecule has 2 aromatic carbocycles. The van der Waals surface area contributed by atoms with E-state index in [1.807, 2.05) is 0 Å². The van der Waals surface area contributed by atoms with Gasteiger partial charge in [0, 0.05) is 16.0 Å². The molecule has 3 aromatic rings. The number of amides is 3. The van der Waals surface area contributed by atoms with Crippen molar-refractivity contribution >= 4 is 52.2 Å². The van der Waals surface area contributed by atoms with Crippen LogP contribution >= 0.6 is 23.1 Å². The first kappa shape index (κ1) is 27.0. The normalized spacial score (nSPS) is 20.0. The van der Waals surface area contributed by atoms with E-state index in [1.165, 1.54) is 23.8 Å². The lowest BCUT2D eigenvalue weighted by Gasteiger charge is -2.36. The number of imide groups is 1. The Morgan fingerprint density at radius 1 is 1.05 bits per heavy atom. The van der Waals surface area contributed by atoms with E-state index in [0.717, 1.165) is 35.2 Å². The molecule has 1 aromatic heterocycles. The van der Waals surface area contributed by atoms with Crippen LogP contribution in [0.1, 0.15) is 24.3 Å². The van der Waals surface area contributed by atoms with Crippen LogP contribution in [0.3, 0.4) is 0 Å². The Hall–Kier alpha value is -3.58. The van der Waals surface area contributed by atoms with Crippen molar-refractivity contribution < 1.29 is 32.3 Å². The van der Waals surface area contributed by atoms with Crippen LogP contribution in [0.15, 0.2) is 58.4 Å². The van der Waals surface area contributed by atoms with E-state index in [9.17, 15) is 32.3 Å². The quantitative estimate of drug-likeness (QED) is 0.448. The largest absolute Gasteiger partial charge is 0.497 e. The zero-order valence-corrected chi connectivity index (χ0v) is 22.5. The molecule has 0 bridgehead atoms. The van der Waals surface area contributed by atoms with Gasteiger partial charge in [-0.05, 0) is 36.4 Å². The van der Waals surface area contributed by atoms with Gasteiger partial charge in [-0.3, -0.25) is 23.7 Å². The highest BCUT2D eigenvalue weighted by Gasteiger charge is 2.60. The molecule has 0 spiro atoms. The number of hydrogen-bond donors (Lipinski definition) is 1. The van der Waals surface area contributed by atoms with Crippen molar-refractivity contribution in [1.82, 2.24) is 4.57 Å². The molecule has 2 unspecified atom stereocenters. The first-order valence-electron chi connectivity index (χ1n) is 11.7. The lowest BCUT2D eigenvalue weighted by Crippen LogP contribution is -2.42. The number of rotatable bonds is 5. The number of benzene rings is 2. The molecular formula is C26H22F3N3O5S2. The number of hydrogen-bond acceptors (Lipinski definition) is 7. The average molecular weight is 578 g/mol. The SMILES string of the molecule is COc1ccc(NC(=O)Cn2c3c(sc2=O)C(C)(C)C2C(=O)N(c4ccccc4C(F)(F)F)C(=O)C2S3)cc1. The van der Waals surface area contributed by atoms with Crippen molar-refractivity contribution in [2.75, 3.05) is 17.3 Å². The Bertz CT molecular complexity index is 1550. The number of nitrogens with zero attached hydrogens (tertiary/aromatic N) is 2. The van der Waals surface area contributed by atoms with Gasteiger partial charge in [0.1, 0.15) is 17.5 Å². The van der Waals surface area contributed by atoms with Crippen LogP contribution in [0.25, 0.3) is 0 Å². The number of halogens is 3. The van der Waals surface area contributed by atoms with Crippen LogP contribution in [0, 0.1) is 5.92 Å². The Kier molecular flexibility index (Phi) is 6.62. The van der Waals surface area contributed by atoms with Crippen molar-refractivity contribution in [3.8, 4) is 5.75 Å². The molecule has 2 atom stereocenters. The minimum absolute atomic E-state index is 0.347. The summed E-state index contributed by atoms with van der Waals surface area (Å²) < 4.78 is 47.5. The van der Waals surface area contributed by atoms with Crippen molar-refractivity contribution in [1.29, 1.82) is 0 Å². The Morgan fingerprint density at radius 2 is 1.72 bits per heavy atom. The van der Waals surface area contributed by atoms with Gasteiger partial charge in [0.2, 0.25) is 17.7 Å². The second-order valence-corrected chi connectivity index (χ2v) is 11.7. The molecule has 3 amide bonds. The molecule has 3 heterocycles. The Labute approximate surface area is 228 Å². The summed E-state index contributed by atoms with van der Waals surface area (Å²) in [6, 6.07) is 11.1. The zero-order chi connectivity index (χ0) is 28.3. The van der Waals surface area contributed by atoms with E-state index < -0.39 is 56.6 Å². The highest BCUT2D eigenvalue weighted by molar-refractivity contribution is 8.00. The minimum Gasteiger partial charge on any atom is -0.497 e. The fourth-order valence-corrected chi connectivity index (χ4v) is 7.97. The van der Waals surface area contributed by atoms with Crippen molar-refractivity contribution in [3.63, 3.8) is 0 Å². The minimum atomic E-state index is -4.77. The van der Waals surface area contributed by atoms with E-state index in [2.05, 4.69) is 5.32 Å². The number of thiazole rings is 1. The van der Waals surface area contributed by atoms with Crippen molar-refractivity contribution in [2.45, 2.75) is 42.3 Å². The molecule has 39 heavy (non-hydrogen) atoms. The predicted octanol–water partition coefficient (Wildman–Crippen LogP) is 4.52. The number of carbonyl (C=O) groups excluding carboxylic acids is 3. The van der Waals surface area contributed by atoms with Crippen molar-refractivity contribution in [2.24, 2.45) is 5.92 Å². The van der Waals surface area contributed by atoms with E-state index >= 15 is 0 Å². The number of para-hydroxylation sites is 1. The number of carbonyl (C=O) groups is 3.